The number of nitrogens with zero attached hydrogens (tertiary/aromatic N) is 1. The number of aromatic nitrogens is 1. The van der Waals surface area contributed by atoms with Crippen LogP contribution in [0.15, 0.2) is 29.2 Å². The van der Waals surface area contributed by atoms with Crippen LogP contribution in [0, 0.1) is 5.92 Å². The molecule has 0 saturated heterocycles. The van der Waals surface area contributed by atoms with Crippen molar-refractivity contribution in [2.45, 2.75) is 39.0 Å². The molecule has 0 unspecified atom stereocenters. The number of hydrogen-bond acceptors (Lipinski definition) is 4. The van der Waals surface area contributed by atoms with Gasteiger partial charge in [-0.3, -0.25) is 4.79 Å². The van der Waals surface area contributed by atoms with Crippen LogP contribution in [0.1, 0.15) is 38.2 Å². The summed E-state index contributed by atoms with van der Waals surface area (Å²) in [4.78, 5) is 12.5. The van der Waals surface area contributed by atoms with E-state index in [4.69, 9.17) is 9.47 Å². The van der Waals surface area contributed by atoms with Crippen molar-refractivity contribution in [1.82, 2.24) is 4.57 Å². The third-order valence-corrected chi connectivity index (χ3v) is 5.30. The Morgan fingerprint density at radius 3 is 2.93 bits per heavy atom. The van der Waals surface area contributed by atoms with Crippen molar-refractivity contribution in [3.8, 4) is 22.6 Å². The Morgan fingerprint density at radius 1 is 1.30 bits per heavy atom. The molecule has 1 aromatic carbocycles. The summed E-state index contributed by atoms with van der Waals surface area (Å²) in [6.45, 7) is 4.17. The highest BCUT2D eigenvalue weighted by atomic mass is 16.5. The van der Waals surface area contributed by atoms with E-state index in [1.165, 1.54) is 18.4 Å². The number of nitrogens with one attached hydrogen (secondary N) is 1. The van der Waals surface area contributed by atoms with Gasteiger partial charge in [0.25, 0.3) is 5.56 Å². The quantitative estimate of drug-likeness (QED) is 0.803. The van der Waals surface area contributed by atoms with Crippen molar-refractivity contribution in [3.63, 3.8) is 0 Å². The Hall–Kier alpha value is -2.43. The minimum Gasteiger partial charge on any atom is -0.493 e. The fraction of sp³-hybridized carbons (Fsp3) is 0.500. The van der Waals surface area contributed by atoms with E-state index in [1.807, 2.05) is 6.20 Å². The fourth-order valence-corrected chi connectivity index (χ4v) is 3.49. The first-order chi connectivity index (χ1) is 13.2. The van der Waals surface area contributed by atoms with E-state index in [9.17, 15) is 4.79 Å². The van der Waals surface area contributed by atoms with Crippen molar-refractivity contribution >= 4 is 5.69 Å². The summed E-state index contributed by atoms with van der Waals surface area (Å²) < 4.78 is 13.7. The number of pyridine rings is 1. The zero-order chi connectivity index (χ0) is 18.8. The molecule has 0 spiro atoms. The summed E-state index contributed by atoms with van der Waals surface area (Å²) in [6, 6.07) is 6.45. The van der Waals surface area contributed by atoms with E-state index in [2.05, 4.69) is 30.4 Å². The van der Waals surface area contributed by atoms with Gasteiger partial charge in [0.05, 0.1) is 6.61 Å². The molecule has 144 valence electrons. The zero-order valence-corrected chi connectivity index (χ0v) is 16.2. The summed E-state index contributed by atoms with van der Waals surface area (Å²) in [7, 11) is 1.79. The largest absolute Gasteiger partial charge is 0.493 e. The maximum Gasteiger partial charge on any atom is 0.277 e. The molecule has 0 amide bonds. The van der Waals surface area contributed by atoms with E-state index in [-0.39, 0.29) is 5.56 Å². The normalized spacial score (nSPS) is 15.6. The average Bonchev–Trinajstić information content (AvgIpc) is 3.52. The molecule has 1 saturated carbocycles. The first kappa shape index (κ1) is 18.0. The van der Waals surface area contributed by atoms with Gasteiger partial charge in [-0.1, -0.05) is 19.4 Å². The zero-order valence-electron chi connectivity index (χ0n) is 16.2. The molecule has 1 N–H and O–H groups in total. The van der Waals surface area contributed by atoms with Crippen LogP contribution in [0.3, 0.4) is 0 Å². The maximum atomic E-state index is 12.5. The van der Waals surface area contributed by atoms with E-state index in [1.54, 1.807) is 11.6 Å². The molecule has 5 heteroatoms. The Labute approximate surface area is 160 Å². The number of unbranched alkanes of at least 4 members (excludes halogenated alkanes) is 1. The maximum absolute atomic E-state index is 12.5. The van der Waals surface area contributed by atoms with Gasteiger partial charge in [0, 0.05) is 30.9 Å². The number of fused-ring (bicyclic) bond motifs is 1. The lowest BCUT2D eigenvalue weighted by molar-refractivity contribution is 0.300. The molecule has 1 aliphatic heterocycles. The first-order valence-electron chi connectivity index (χ1n) is 10.0. The predicted molar refractivity (Wildman–Crippen MR) is 108 cm³/mol. The molecule has 5 nitrogen and oxygen atoms in total. The highest BCUT2D eigenvalue weighted by Gasteiger charge is 2.25. The Balaban J connectivity index is 1.80. The van der Waals surface area contributed by atoms with E-state index < -0.39 is 0 Å². The topological polar surface area (TPSA) is 52.5 Å². The van der Waals surface area contributed by atoms with Crippen LogP contribution in [0.2, 0.25) is 0 Å². The molecular weight excluding hydrogens is 340 g/mol. The van der Waals surface area contributed by atoms with Gasteiger partial charge >= 0.3 is 0 Å². The third kappa shape index (κ3) is 3.82. The van der Waals surface area contributed by atoms with Crippen molar-refractivity contribution < 1.29 is 9.47 Å². The highest BCUT2D eigenvalue weighted by molar-refractivity contribution is 5.81. The SMILES string of the molecule is CCCCc1ccc(OCC2CC2)c(-c2cn(C)c(=O)c3c2OCCN3)c1. The van der Waals surface area contributed by atoms with E-state index in [0.29, 0.717) is 30.5 Å². The van der Waals surface area contributed by atoms with Crippen LogP contribution >= 0.6 is 0 Å². The lowest BCUT2D eigenvalue weighted by atomic mass is 9.99. The number of rotatable bonds is 7. The van der Waals surface area contributed by atoms with Gasteiger partial charge in [-0.15, -0.1) is 0 Å². The summed E-state index contributed by atoms with van der Waals surface area (Å²) in [6.07, 6.45) is 7.75. The molecule has 27 heavy (non-hydrogen) atoms. The number of anilines is 1. The molecule has 2 aliphatic rings. The van der Waals surface area contributed by atoms with Crippen LogP contribution in [-0.4, -0.2) is 24.3 Å². The van der Waals surface area contributed by atoms with Crippen LogP contribution < -0.4 is 20.3 Å². The molecule has 0 radical (unpaired) electrons. The first-order valence-corrected chi connectivity index (χ1v) is 10.0. The predicted octanol–water partition coefficient (Wildman–Crippen LogP) is 3.99. The van der Waals surface area contributed by atoms with Crippen LogP contribution in [-0.2, 0) is 13.5 Å². The lowest BCUT2D eigenvalue weighted by Crippen LogP contribution is -2.28. The lowest BCUT2D eigenvalue weighted by Gasteiger charge is -2.23. The van der Waals surface area contributed by atoms with E-state index >= 15 is 0 Å². The van der Waals surface area contributed by atoms with Gasteiger partial charge < -0.3 is 19.4 Å². The Morgan fingerprint density at radius 2 is 2.15 bits per heavy atom. The van der Waals surface area contributed by atoms with Crippen molar-refractivity contribution in [1.29, 1.82) is 0 Å². The molecule has 0 bridgehead atoms. The van der Waals surface area contributed by atoms with Crippen LogP contribution in [0.5, 0.6) is 11.5 Å². The Kier molecular flexibility index (Phi) is 5.10. The highest BCUT2D eigenvalue weighted by Crippen LogP contribution is 2.41. The van der Waals surface area contributed by atoms with Crippen LogP contribution in [0.4, 0.5) is 5.69 Å². The molecule has 2 heterocycles. The standard InChI is InChI=1S/C22H28N2O3/c1-3-4-5-15-8-9-19(27-14-16-6-7-16)17(12-15)18-13-24(2)22(25)20-21(18)26-11-10-23-20/h8-9,12-13,16,23H,3-7,10-11,14H2,1-2H3. The molecule has 1 aliphatic carbocycles. The molecule has 0 atom stereocenters. The second-order valence-electron chi connectivity index (χ2n) is 7.63. The minimum atomic E-state index is -0.0592. The minimum absolute atomic E-state index is 0.0592. The van der Waals surface area contributed by atoms with Crippen molar-refractivity contribution in [2.24, 2.45) is 13.0 Å². The molecular formula is C22H28N2O3. The number of benzene rings is 1. The van der Waals surface area contributed by atoms with Gasteiger partial charge in [-0.25, -0.2) is 0 Å². The van der Waals surface area contributed by atoms with Gasteiger partial charge in [0.2, 0.25) is 0 Å². The smallest absolute Gasteiger partial charge is 0.277 e. The molecule has 4 rings (SSSR count). The molecule has 2 aromatic rings. The second-order valence-corrected chi connectivity index (χ2v) is 7.63. The van der Waals surface area contributed by atoms with Gasteiger partial charge in [-0.2, -0.15) is 0 Å². The number of ether oxygens (including phenoxy) is 2. The van der Waals surface area contributed by atoms with E-state index in [0.717, 1.165) is 42.7 Å². The summed E-state index contributed by atoms with van der Waals surface area (Å²) in [5.41, 5.74) is 3.71. The van der Waals surface area contributed by atoms with Gasteiger partial charge in [0.1, 0.15) is 18.0 Å². The molecule has 1 fully saturated rings. The summed E-state index contributed by atoms with van der Waals surface area (Å²) in [5, 5.41) is 3.21. The van der Waals surface area contributed by atoms with Crippen molar-refractivity contribution in [2.75, 3.05) is 25.1 Å². The number of hydrogen-bond donors (Lipinski definition) is 1. The van der Waals surface area contributed by atoms with Crippen molar-refractivity contribution in [3.05, 3.63) is 40.3 Å². The monoisotopic (exact) mass is 368 g/mol. The summed E-state index contributed by atoms with van der Waals surface area (Å²) in [5.74, 6) is 2.20. The van der Waals surface area contributed by atoms with Crippen LogP contribution in [0.25, 0.3) is 11.1 Å². The second kappa shape index (κ2) is 7.67. The fourth-order valence-electron chi connectivity index (χ4n) is 3.49. The van der Waals surface area contributed by atoms with Gasteiger partial charge in [0.15, 0.2) is 5.75 Å². The van der Waals surface area contributed by atoms with Gasteiger partial charge in [-0.05, 0) is 49.3 Å². The third-order valence-electron chi connectivity index (χ3n) is 5.30. The Bertz CT molecular complexity index is 884. The number of aryl methyl sites for hydroxylation is 2. The molecule has 1 aromatic heterocycles. The summed E-state index contributed by atoms with van der Waals surface area (Å²) >= 11 is 0. The average molecular weight is 368 g/mol.